The van der Waals surface area contributed by atoms with Crippen molar-refractivity contribution in [1.82, 2.24) is 9.97 Å². The van der Waals surface area contributed by atoms with Gasteiger partial charge in [-0.2, -0.15) is 0 Å². The summed E-state index contributed by atoms with van der Waals surface area (Å²) in [6.07, 6.45) is 0. The number of amides is 1. The number of para-hydroxylation sites is 1. The normalized spacial score (nSPS) is 10.8. The van der Waals surface area contributed by atoms with Crippen molar-refractivity contribution >= 4 is 39.1 Å². The molecule has 2 aromatic heterocycles. The quantitative estimate of drug-likeness (QED) is 0.761. The van der Waals surface area contributed by atoms with Crippen molar-refractivity contribution in [2.75, 3.05) is 11.1 Å². The minimum atomic E-state index is -0.228. The number of pyridine rings is 1. The molecule has 3 aromatic rings. The fourth-order valence-electron chi connectivity index (χ4n) is 2.07. The minimum absolute atomic E-state index is 0.228. The summed E-state index contributed by atoms with van der Waals surface area (Å²) in [5.74, 6) is 0.0967. The molecule has 3 rings (SSSR count). The van der Waals surface area contributed by atoms with E-state index in [-0.39, 0.29) is 5.91 Å². The molecule has 0 bridgehead atoms. The number of carbonyl (C=O) groups is 1. The molecule has 2 heterocycles. The molecule has 0 aliphatic heterocycles. The molecule has 21 heavy (non-hydrogen) atoms. The van der Waals surface area contributed by atoms with Crippen LogP contribution in [0, 0.1) is 13.8 Å². The van der Waals surface area contributed by atoms with E-state index >= 15 is 0 Å². The van der Waals surface area contributed by atoms with Gasteiger partial charge in [-0.15, -0.1) is 11.3 Å². The lowest BCUT2D eigenvalue weighted by Gasteiger charge is -2.07. The first-order chi connectivity index (χ1) is 10.0. The van der Waals surface area contributed by atoms with Gasteiger partial charge in [0, 0.05) is 10.3 Å². The van der Waals surface area contributed by atoms with Gasteiger partial charge >= 0.3 is 0 Å². The highest BCUT2D eigenvalue weighted by Gasteiger charge is 2.14. The van der Waals surface area contributed by atoms with Crippen molar-refractivity contribution in [3.8, 4) is 0 Å². The molecule has 1 amide bonds. The molecular formula is C15H14N4OS. The molecule has 1 aromatic carbocycles. The number of nitrogens with zero attached hydrogens (tertiary/aromatic N) is 2. The maximum absolute atomic E-state index is 12.5. The Morgan fingerprint density at radius 1 is 1.24 bits per heavy atom. The Hall–Kier alpha value is -2.47. The topological polar surface area (TPSA) is 80.9 Å². The number of thiazole rings is 1. The first kappa shape index (κ1) is 13.5. The molecule has 5 nitrogen and oxygen atoms in total. The number of fused-ring (bicyclic) bond motifs is 1. The van der Waals surface area contributed by atoms with E-state index in [1.165, 1.54) is 11.3 Å². The smallest absolute Gasteiger partial charge is 0.258 e. The molecule has 0 saturated carbocycles. The summed E-state index contributed by atoms with van der Waals surface area (Å²) in [6.45, 7) is 3.89. The van der Waals surface area contributed by atoms with Crippen molar-refractivity contribution in [3.05, 3.63) is 46.5 Å². The average molecular weight is 298 g/mol. The number of nitrogen functional groups attached to an aromatic ring is 1. The zero-order valence-corrected chi connectivity index (χ0v) is 12.5. The van der Waals surface area contributed by atoms with E-state index in [0.717, 1.165) is 16.0 Å². The number of nitrogens with two attached hydrogens (primary N) is 1. The van der Waals surface area contributed by atoms with Crippen molar-refractivity contribution in [2.24, 2.45) is 0 Å². The molecule has 3 N–H and O–H groups in total. The predicted molar refractivity (Wildman–Crippen MR) is 85.7 cm³/mol. The first-order valence-corrected chi connectivity index (χ1v) is 7.27. The Kier molecular flexibility index (Phi) is 3.31. The van der Waals surface area contributed by atoms with Crippen LogP contribution in [0.3, 0.4) is 0 Å². The zero-order chi connectivity index (χ0) is 15.0. The first-order valence-electron chi connectivity index (χ1n) is 6.45. The fourth-order valence-corrected chi connectivity index (χ4v) is 2.88. The Bertz CT molecular complexity index is 821. The van der Waals surface area contributed by atoms with Crippen LogP contribution in [0.1, 0.15) is 20.9 Å². The van der Waals surface area contributed by atoms with Gasteiger partial charge in [-0.3, -0.25) is 10.1 Å². The number of hydrogen-bond acceptors (Lipinski definition) is 5. The maximum atomic E-state index is 12.5. The monoisotopic (exact) mass is 298 g/mol. The number of aromatic nitrogens is 2. The van der Waals surface area contributed by atoms with Crippen LogP contribution < -0.4 is 11.1 Å². The summed E-state index contributed by atoms with van der Waals surface area (Å²) in [7, 11) is 0. The number of carbonyl (C=O) groups excluding carboxylic acids is 1. The maximum Gasteiger partial charge on any atom is 0.258 e. The van der Waals surface area contributed by atoms with Crippen LogP contribution in [-0.2, 0) is 0 Å². The standard InChI is InChI=1S/C15H14N4OS/c1-8-9(2)21-15(17-8)19-14(20)11-7-13(16)18-12-6-4-3-5-10(11)12/h3-7H,1-2H3,(H2,16,18)(H,17,19,20). The predicted octanol–water partition coefficient (Wildman–Crippen LogP) is 3.14. The van der Waals surface area contributed by atoms with Gasteiger partial charge in [0.25, 0.3) is 5.91 Å². The average Bonchev–Trinajstić information content (AvgIpc) is 2.76. The fraction of sp³-hybridized carbons (Fsp3) is 0.133. The second kappa shape index (κ2) is 5.14. The highest BCUT2D eigenvalue weighted by Crippen LogP contribution is 2.24. The number of nitrogens with one attached hydrogen (secondary N) is 1. The van der Waals surface area contributed by atoms with Crippen molar-refractivity contribution in [1.29, 1.82) is 0 Å². The van der Waals surface area contributed by atoms with E-state index in [0.29, 0.717) is 22.0 Å². The molecule has 0 fully saturated rings. The number of rotatable bonds is 2. The molecule has 0 spiro atoms. The van der Waals surface area contributed by atoms with E-state index in [2.05, 4.69) is 15.3 Å². The summed E-state index contributed by atoms with van der Waals surface area (Å²) in [5, 5.41) is 4.19. The van der Waals surface area contributed by atoms with Gasteiger partial charge in [-0.1, -0.05) is 18.2 Å². The number of aryl methyl sites for hydroxylation is 2. The lowest BCUT2D eigenvalue weighted by molar-refractivity contribution is 0.102. The SMILES string of the molecule is Cc1nc(NC(=O)c2cc(N)nc3ccccc23)sc1C. The molecule has 0 radical (unpaired) electrons. The summed E-state index contributed by atoms with van der Waals surface area (Å²) >= 11 is 1.46. The van der Waals surface area contributed by atoms with E-state index < -0.39 is 0 Å². The zero-order valence-electron chi connectivity index (χ0n) is 11.7. The summed E-state index contributed by atoms with van der Waals surface area (Å²) in [4.78, 5) is 22.1. The van der Waals surface area contributed by atoms with Gasteiger partial charge in [-0.25, -0.2) is 9.97 Å². The second-order valence-corrected chi connectivity index (χ2v) is 5.93. The van der Waals surface area contributed by atoms with Gasteiger partial charge in [0.05, 0.1) is 16.8 Å². The van der Waals surface area contributed by atoms with E-state index in [4.69, 9.17) is 5.73 Å². The van der Waals surface area contributed by atoms with Crippen LogP contribution in [0.2, 0.25) is 0 Å². The molecule has 0 saturated heterocycles. The third kappa shape index (κ3) is 2.57. The minimum Gasteiger partial charge on any atom is -0.384 e. The molecule has 0 aliphatic rings. The van der Waals surface area contributed by atoms with Gasteiger partial charge in [0.1, 0.15) is 5.82 Å². The van der Waals surface area contributed by atoms with E-state index in [1.54, 1.807) is 6.07 Å². The van der Waals surface area contributed by atoms with Crippen molar-refractivity contribution < 1.29 is 4.79 Å². The number of anilines is 2. The number of benzene rings is 1. The van der Waals surface area contributed by atoms with E-state index in [9.17, 15) is 4.79 Å². The molecular weight excluding hydrogens is 284 g/mol. The lowest BCUT2D eigenvalue weighted by atomic mass is 10.1. The van der Waals surface area contributed by atoms with Crippen LogP contribution in [0.25, 0.3) is 10.9 Å². The largest absolute Gasteiger partial charge is 0.384 e. The van der Waals surface area contributed by atoms with Gasteiger partial charge in [-0.05, 0) is 26.0 Å². The van der Waals surface area contributed by atoms with Crippen LogP contribution in [0.4, 0.5) is 10.9 Å². The Labute approximate surface area is 125 Å². The molecule has 0 unspecified atom stereocenters. The van der Waals surface area contributed by atoms with Gasteiger partial charge < -0.3 is 5.73 Å². The Morgan fingerprint density at radius 2 is 2.00 bits per heavy atom. The third-order valence-corrected chi connectivity index (χ3v) is 4.22. The van der Waals surface area contributed by atoms with Crippen LogP contribution in [0.15, 0.2) is 30.3 Å². The van der Waals surface area contributed by atoms with Gasteiger partial charge in [0.2, 0.25) is 0 Å². The molecule has 0 aliphatic carbocycles. The molecule has 0 atom stereocenters. The Balaban J connectivity index is 2.01. The van der Waals surface area contributed by atoms with Crippen molar-refractivity contribution in [3.63, 3.8) is 0 Å². The summed E-state index contributed by atoms with van der Waals surface area (Å²) < 4.78 is 0. The molecule has 106 valence electrons. The summed E-state index contributed by atoms with van der Waals surface area (Å²) in [6, 6.07) is 9.01. The molecule has 6 heteroatoms. The number of hydrogen-bond donors (Lipinski definition) is 2. The summed E-state index contributed by atoms with van der Waals surface area (Å²) in [5.41, 5.74) is 7.91. The van der Waals surface area contributed by atoms with Crippen LogP contribution in [0.5, 0.6) is 0 Å². The van der Waals surface area contributed by atoms with E-state index in [1.807, 2.05) is 38.1 Å². The highest BCUT2D eigenvalue weighted by molar-refractivity contribution is 7.15. The van der Waals surface area contributed by atoms with Crippen molar-refractivity contribution in [2.45, 2.75) is 13.8 Å². The van der Waals surface area contributed by atoms with Crippen LogP contribution >= 0.6 is 11.3 Å². The lowest BCUT2D eigenvalue weighted by Crippen LogP contribution is -2.13. The highest BCUT2D eigenvalue weighted by atomic mass is 32.1. The van der Waals surface area contributed by atoms with Gasteiger partial charge in [0.15, 0.2) is 5.13 Å². The second-order valence-electron chi connectivity index (χ2n) is 4.73. The van der Waals surface area contributed by atoms with Crippen LogP contribution in [-0.4, -0.2) is 15.9 Å². The third-order valence-electron chi connectivity index (χ3n) is 3.23. The Morgan fingerprint density at radius 3 is 2.71 bits per heavy atom.